The number of phenolic OH excluding ortho intramolecular Hbond substituents is 2. The summed E-state index contributed by atoms with van der Waals surface area (Å²) in [6.07, 6.45) is 10.2. The van der Waals surface area contributed by atoms with Gasteiger partial charge >= 0.3 is 0 Å². The third kappa shape index (κ3) is 8.32. The van der Waals surface area contributed by atoms with Gasteiger partial charge in [0.15, 0.2) is 23.0 Å². The van der Waals surface area contributed by atoms with E-state index in [9.17, 15) is 10.2 Å². The van der Waals surface area contributed by atoms with E-state index in [1.54, 1.807) is 13.2 Å². The smallest absolute Gasteiger partial charge is 0.161 e. The van der Waals surface area contributed by atoms with Crippen molar-refractivity contribution in [1.29, 1.82) is 0 Å². The molecule has 0 bridgehead atoms. The molecule has 0 aromatic heterocycles. The van der Waals surface area contributed by atoms with Crippen LogP contribution in [0.15, 0.2) is 36.4 Å². The number of benzene rings is 2. The average Bonchev–Trinajstić information content (AvgIpc) is 2.89. The summed E-state index contributed by atoms with van der Waals surface area (Å²) in [7, 11) is 1.66. The molecular formula is C29H44N2O4. The summed E-state index contributed by atoms with van der Waals surface area (Å²) in [4.78, 5) is 2.67. The number of methoxy groups -OCH3 is 1. The molecule has 3 rings (SSSR count). The van der Waals surface area contributed by atoms with Crippen LogP contribution in [-0.2, 0) is 12.8 Å². The lowest BCUT2D eigenvalue weighted by Gasteiger charge is -2.35. The number of nitrogens with zero attached hydrogens (tertiary/aromatic N) is 1. The molecule has 0 radical (unpaired) electrons. The Morgan fingerprint density at radius 3 is 2.51 bits per heavy atom. The van der Waals surface area contributed by atoms with Crippen molar-refractivity contribution in [3.63, 3.8) is 0 Å². The van der Waals surface area contributed by atoms with Crippen LogP contribution in [0.1, 0.15) is 63.0 Å². The Balaban J connectivity index is 1.30. The van der Waals surface area contributed by atoms with E-state index >= 15 is 0 Å². The summed E-state index contributed by atoms with van der Waals surface area (Å²) in [6.45, 7) is 7.03. The van der Waals surface area contributed by atoms with Gasteiger partial charge in [-0.05, 0) is 81.9 Å². The van der Waals surface area contributed by atoms with E-state index in [1.807, 2.05) is 30.3 Å². The van der Waals surface area contributed by atoms with Gasteiger partial charge in [0.25, 0.3) is 0 Å². The zero-order valence-corrected chi connectivity index (χ0v) is 21.6. The number of rotatable bonds is 16. The average molecular weight is 485 g/mol. The van der Waals surface area contributed by atoms with Gasteiger partial charge in [0, 0.05) is 18.2 Å². The number of hydrogen-bond donors (Lipinski definition) is 3. The van der Waals surface area contributed by atoms with Gasteiger partial charge in [-0.15, -0.1) is 0 Å². The lowest BCUT2D eigenvalue weighted by Crippen LogP contribution is -2.40. The second-order valence-electron chi connectivity index (χ2n) is 9.52. The number of para-hydroxylation sites is 2. The molecule has 1 atom stereocenters. The van der Waals surface area contributed by atoms with Crippen LogP contribution in [0, 0.1) is 0 Å². The van der Waals surface area contributed by atoms with Gasteiger partial charge < -0.3 is 29.9 Å². The topological polar surface area (TPSA) is 74.2 Å². The fraction of sp³-hybridized carbons (Fsp3) is 0.586. The molecule has 1 aliphatic carbocycles. The quantitative estimate of drug-likeness (QED) is 0.222. The SMILES string of the molecule is CCCCN(CCCCCCNCCOc1ccccc1OC)[C@H]1CCc2c(ccc(O)c2O)C1. The first kappa shape index (κ1) is 27.2. The maximum atomic E-state index is 10.2. The highest BCUT2D eigenvalue weighted by Gasteiger charge is 2.26. The standard InChI is InChI=1S/C29H44N2O4/c1-3-4-19-31(24-14-15-25-23(22-24)13-16-26(32)29(25)33)20-10-6-5-9-17-30-18-21-35-28-12-8-7-11-27(28)34-2/h7-8,11-13,16,24,30,32-33H,3-6,9-10,14-15,17-22H2,1-2H3/t24-/m0/s1. The lowest BCUT2D eigenvalue weighted by atomic mass is 9.86. The summed E-state index contributed by atoms with van der Waals surface area (Å²) in [5, 5.41) is 23.5. The Morgan fingerprint density at radius 1 is 0.943 bits per heavy atom. The monoisotopic (exact) mass is 484 g/mol. The van der Waals surface area contributed by atoms with Crippen LogP contribution in [0.5, 0.6) is 23.0 Å². The van der Waals surface area contributed by atoms with Gasteiger partial charge in [0.2, 0.25) is 0 Å². The fourth-order valence-electron chi connectivity index (χ4n) is 4.97. The van der Waals surface area contributed by atoms with Gasteiger partial charge in [-0.3, -0.25) is 0 Å². The van der Waals surface area contributed by atoms with E-state index in [4.69, 9.17) is 9.47 Å². The normalized spacial score (nSPS) is 15.2. The Labute approximate surface area is 211 Å². The third-order valence-electron chi connectivity index (χ3n) is 7.01. The van der Waals surface area contributed by atoms with E-state index in [0.29, 0.717) is 12.6 Å². The maximum absolute atomic E-state index is 10.2. The second-order valence-corrected chi connectivity index (χ2v) is 9.52. The van der Waals surface area contributed by atoms with E-state index < -0.39 is 0 Å². The van der Waals surface area contributed by atoms with Crippen molar-refractivity contribution in [3.05, 3.63) is 47.5 Å². The Morgan fingerprint density at radius 2 is 1.71 bits per heavy atom. The molecule has 0 saturated carbocycles. The number of phenols is 2. The molecule has 0 fully saturated rings. The van der Waals surface area contributed by atoms with Gasteiger partial charge in [-0.25, -0.2) is 0 Å². The van der Waals surface area contributed by atoms with Gasteiger partial charge in [-0.1, -0.05) is 44.4 Å². The lowest BCUT2D eigenvalue weighted by molar-refractivity contribution is 0.172. The number of fused-ring (bicyclic) bond motifs is 1. The van der Waals surface area contributed by atoms with E-state index in [2.05, 4.69) is 17.1 Å². The first-order valence-corrected chi connectivity index (χ1v) is 13.4. The van der Waals surface area contributed by atoms with Crippen LogP contribution in [0.2, 0.25) is 0 Å². The highest BCUT2D eigenvalue weighted by Crippen LogP contribution is 2.36. The number of ether oxygens (including phenoxy) is 2. The molecule has 6 nitrogen and oxygen atoms in total. The molecule has 0 heterocycles. The number of nitrogens with one attached hydrogen (secondary N) is 1. The molecule has 0 amide bonds. The molecule has 2 aromatic carbocycles. The minimum Gasteiger partial charge on any atom is -0.504 e. The number of hydrogen-bond acceptors (Lipinski definition) is 6. The molecular weight excluding hydrogens is 440 g/mol. The van der Waals surface area contributed by atoms with Crippen LogP contribution < -0.4 is 14.8 Å². The van der Waals surface area contributed by atoms with Crippen molar-refractivity contribution in [1.82, 2.24) is 10.2 Å². The first-order chi connectivity index (χ1) is 17.1. The van der Waals surface area contributed by atoms with E-state index in [-0.39, 0.29) is 11.5 Å². The van der Waals surface area contributed by atoms with Crippen molar-refractivity contribution in [2.75, 3.05) is 39.9 Å². The minimum atomic E-state index is 0.00322. The summed E-state index contributed by atoms with van der Waals surface area (Å²) < 4.78 is 11.1. The molecule has 194 valence electrons. The van der Waals surface area contributed by atoms with Crippen LogP contribution in [0.4, 0.5) is 0 Å². The predicted octanol–water partition coefficient (Wildman–Crippen LogP) is 5.29. The molecule has 0 spiro atoms. The maximum Gasteiger partial charge on any atom is 0.161 e. The predicted molar refractivity (Wildman–Crippen MR) is 142 cm³/mol. The summed E-state index contributed by atoms with van der Waals surface area (Å²) in [5.74, 6) is 1.65. The molecule has 0 saturated heterocycles. The van der Waals surface area contributed by atoms with Crippen LogP contribution in [0.3, 0.4) is 0 Å². The molecule has 35 heavy (non-hydrogen) atoms. The number of unbranched alkanes of at least 4 members (excludes halogenated alkanes) is 4. The first-order valence-electron chi connectivity index (χ1n) is 13.4. The van der Waals surface area contributed by atoms with Crippen LogP contribution in [-0.4, -0.2) is 61.1 Å². The highest BCUT2D eigenvalue weighted by atomic mass is 16.5. The van der Waals surface area contributed by atoms with E-state index in [1.165, 1.54) is 44.1 Å². The summed E-state index contributed by atoms with van der Waals surface area (Å²) >= 11 is 0. The van der Waals surface area contributed by atoms with Gasteiger partial charge in [-0.2, -0.15) is 0 Å². The Bertz CT molecular complexity index is 889. The Hall–Kier alpha value is -2.44. The summed E-state index contributed by atoms with van der Waals surface area (Å²) in [6, 6.07) is 11.9. The third-order valence-corrected chi connectivity index (χ3v) is 7.01. The largest absolute Gasteiger partial charge is 0.504 e. The highest BCUT2D eigenvalue weighted by molar-refractivity contribution is 5.50. The van der Waals surface area contributed by atoms with Crippen LogP contribution in [0.25, 0.3) is 0 Å². The second kappa shape index (κ2) is 14.8. The van der Waals surface area contributed by atoms with Crippen molar-refractivity contribution in [2.24, 2.45) is 0 Å². The van der Waals surface area contributed by atoms with Crippen LogP contribution >= 0.6 is 0 Å². The van der Waals surface area contributed by atoms with E-state index in [0.717, 1.165) is 62.5 Å². The number of aromatic hydroxyl groups is 2. The fourth-order valence-corrected chi connectivity index (χ4v) is 4.97. The molecule has 2 aromatic rings. The molecule has 3 N–H and O–H groups in total. The zero-order chi connectivity index (χ0) is 24.9. The van der Waals surface area contributed by atoms with Crippen molar-refractivity contribution in [3.8, 4) is 23.0 Å². The molecule has 6 heteroatoms. The molecule has 0 aliphatic heterocycles. The minimum absolute atomic E-state index is 0.00322. The van der Waals surface area contributed by atoms with Crippen molar-refractivity contribution < 1.29 is 19.7 Å². The summed E-state index contributed by atoms with van der Waals surface area (Å²) in [5.41, 5.74) is 2.14. The zero-order valence-electron chi connectivity index (χ0n) is 21.6. The molecule has 0 unspecified atom stereocenters. The Kier molecular flexibility index (Phi) is 11.5. The van der Waals surface area contributed by atoms with Gasteiger partial charge in [0.1, 0.15) is 6.61 Å². The van der Waals surface area contributed by atoms with Gasteiger partial charge in [0.05, 0.1) is 7.11 Å². The molecule has 1 aliphatic rings. The van der Waals surface area contributed by atoms with Crippen molar-refractivity contribution >= 4 is 0 Å². The van der Waals surface area contributed by atoms with Crippen molar-refractivity contribution in [2.45, 2.75) is 70.8 Å².